The van der Waals surface area contributed by atoms with Crippen LogP contribution >= 0.6 is 0 Å². The van der Waals surface area contributed by atoms with Crippen molar-refractivity contribution in [3.63, 3.8) is 0 Å². The molecule has 0 radical (unpaired) electrons. The van der Waals surface area contributed by atoms with Crippen LogP contribution in [-0.2, 0) is 4.79 Å². The second kappa shape index (κ2) is 6.85. The molecule has 0 saturated heterocycles. The highest BCUT2D eigenvalue weighted by molar-refractivity contribution is 6.00. The second-order valence-corrected chi connectivity index (χ2v) is 4.81. The molecule has 0 bridgehead atoms. The van der Waals surface area contributed by atoms with Crippen LogP contribution in [0, 0.1) is 5.82 Å². The van der Waals surface area contributed by atoms with Crippen molar-refractivity contribution in [2.45, 2.75) is 20.0 Å². The molecule has 0 aliphatic heterocycles. The normalized spacial score (nSPS) is 11.6. The molecule has 1 N–H and O–H groups in total. The second-order valence-electron chi connectivity index (χ2n) is 4.81. The van der Waals surface area contributed by atoms with Gasteiger partial charge in [-0.3, -0.25) is 9.59 Å². The number of halogens is 1. The Balaban J connectivity index is 2.07. The van der Waals surface area contributed by atoms with Gasteiger partial charge in [0.05, 0.1) is 0 Å². The zero-order valence-corrected chi connectivity index (χ0v) is 12.3. The van der Waals surface area contributed by atoms with Gasteiger partial charge >= 0.3 is 0 Å². The lowest BCUT2D eigenvalue weighted by molar-refractivity contribution is -0.114. The Hall–Kier alpha value is -2.69. The number of ether oxygens (including phenoxy) is 1. The SMILES string of the molecule is CC(=O)Nc1ccc(C(=O)[C@@H](C)Oc2ccccc2F)cc1. The van der Waals surface area contributed by atoms with Gasteiger partial charge in [-0.05, 0) is 43.3 Å². The van der Waals surface area contributed by atoms with E-state index in [1.807, 2.05) is 0 Å². The summed E-state index contributed by atoms with van der Waals surface area (Å²) in [6, 6.07) is 12.4. The number of nitrogens with one attached hydrogen (secondary N) is 1. The van der Waals surface area contributed by atoms with Crippen LogP contribution < -0.4 is 10.1 Å². The number of anilines is 1. The van der Waals surface area contributed by atoms with Gasteiger partial charge in [-0.1, -0.05) is 12.1 Å². The predicted octanol–water partition coefficient (Wildman–Crippen LogP) is 3.43. The van der Waals surface area contributed by atoms with Crippen molar-refractivity contribution in [1.82, 2.24) is 0 Å². The number of benzene rings is 2. The maximum Gasteiger partial charge on any atom is 0.221 e. The Morgan fingerprint density at radius 2 is 1.73 bits per heavy atom. The third-order valence-corrected chi connectivity index (χ3v) is 3.00. The number of amides is 1. The van der Waals surface area contributed by atoms with E-state index in [9.17, 15) is 14.0 Å². The standard InChI is InChI=1S/C17H16FNO3/c1-11(22-16-6-4-3-5-15(16)18)17(21)13-7-9-14(10-8-13)19-12(2)20/h3-11H,1-2H3,(H,19,20)/t11-/m1/s1. The summed E-state index contributed by atoms with van der Waals surface area (Å²) in [5.74, 6) is -0.922. The lowest BCUT2D eigenvalue weighted by atomic mass is 10.1. The molecule has 0 aromatic heterocycles. The van der Waals surface area contributed by atoms with E-state index in [1.54, 1.807) is 43.3 Å². The van der Waals surface area contributed by atoms with Gasteiger partial charge < -0.3 is 10.1 Å². The van der Waals surface area contributed by atoms with Crippen LogP contribution in [0.4, 0.5) is 10.1 Å². The van der Waals surface area contributed by atoms with Crippen molar-refractivity contribution in [2.75, 3.05) is 5.32 Å². The minimum atomic E-state index is -0.816. The molecule has 2 aromatic carbocycles. The minimum Gasteiger partial charge on any atom is -0.479 e. The highest BCUT2D eigenvalue weighted by Gasteiger charge is 2.18. The third-order valence-electron chi connectivity index (χ3n) is 3.00. The average Bonchev–Trinajstić information content (AvgIpc) is 2.49. The van der Waals surface area contributed by atoms with Gasteiger partial charge in [0.25, 0.3) is 0 Å². The van der Waals surface area contributed by atoms with Gasteiger partial charge in [-0.15, -0.1) is 0 Å². The van der Waals surface area contributed by atoms with E-state index < -0.39 is 11.9 Å². The van der Waals surface area contributed by atoms with E-state index in [0.29, 0.717) is 11.3 Å². The first-order valence-electron chi connectivity index (χ1n) is 6.80. The molecule has 114 valence electrons. The van der Waals surface area contributed by atoms with Crippen LogP contribution in [0.25, 0.3) is 0 Å². The quantitative estimate of drug-likeness (QED) is 0.861. The van der Waals surface area contributed by atoms with Crippen LogP contribution in [0.3, 0.4) is 0 Å². The Labute approximate surface area is 127 Å². The number of carbonyl (C=O) groups excluding carboxylic acids is 2. The molecule has 5 heteroatoms. The largest absolute Gasteiger partial charge is 0.479 e. The minimum absolute atomic E-state index is 0.0400. The van der Waals surface area contributed by atoms with Gasteiger partial charge in [0.1, 0.15) is 0 Å². The summed E-state index contributed by atoms with van der Waals surface area (Å²) in [6.45, 7) is 2.97. The zero-order chi connectivity index (χ0) is 16.1. The molecule has 0 unspecified atom stereocenters. The molecule has 4 nitrogen and oxygen atoms in total. The molecule has 0 aliphatic carbocycles. The number of hydrogen-bond donors (Lipinski definition) is 1. The van der Waals surface area contributed by atoms with Crippen molar-refractivity contribution >= 4 is 17.4 Å². The van der Waals surface area contributed by atoms with Crippen LogP contribution in [-0.4, -0.2) is 17.8 Å². The molecule has 0 spiro atoms. The summed E-state index contributed by atoms with van der Waals surface area (Å²) >= 11 is 0. The molecule has 0 saturated carbocycles. The number of para-hydroxylation sites is 1. The van der Waals surface area contributed by atoms with Crippen LogP contribution in [0.5, 0.6) is 5.75 Å². The van der Waals surface area contributed by atoms with Gasteiger partial charge in [0.2, 0.25) is 11.7 Å². The fraction of sp³-hybridized carbons (Fsp3) is 0.176. The maximum atomic E-state index is 13.5. The molecule has 0 fully saturated rings. The monoisotopic (exact) mass is 301 g/mol. The predicted molar refractivity (Wildman–Crippen MR) is 81.6 cm³/mol. The first-order chi connectivity index (χ1) is 10.5. The molecule has 0 heterocycles. The van der Waals surface area contributed by atoms with E-state index in [4.69, 9.17) is 4.74 Å². The summed E-state index contributed by atoms with van der Waals surface area (Å²) in [7, 11) is 0. The fourth-order valence-electron chi connectivity index (χ4n) is 1.94. The van der Waals surface area contributed by atoms with E-state index in [0.717, 1.165) is 0 Å². The van der Waals surface area contributed by atoms with E-state index in [-0.39, 0.29) is 17.4 Å². The van der Waals surface area contributed by atoms with Crippen molar-refractivity contribution in [3.05, 3.63) is 59.9 Å². The maximum absolute atomic E-state index is 13.5. The van der Waals surface area contributed by atoms with Crippen molar-refractivity contribution in [1.29, 1.82) is 0 Å². The lowest BCUT2D eigenvalue weighted by Crippen LogP contribution is -2.24. The van der Waals surface area contributed by atoms with Crippen molar-refractivity contribution in [3.8, 4) is 5.75 Å². The van der Waals surface area contributed by atoms with Gasteiger partial charge in [-0.25, -0.2) is 4.39 Å². The number of rotatable bonds is 5. The summed E-state index contributed by atoms with van der Waals surface area (Å²) in [4.78, 5) is 23.2. The smallest absolute Gasteiger partial charge is 0.221 e. The van der Waals surface area contributed by atoms with Crippen LogP contribution in [0.1, 0.15) is 24.2 Å². The van der Waals surface area contributed by atoms with E-state index in [1.165, 1.54) is 19.1 Å². The van der Waals surface area contributed by atoms with E-state index >= 15 is 0 Å². The summed E-state index contributed by atoms with van der Waals surface area (Å²) in [5.41, 5.74) is 1.03. The number of Topliss-reactive ketones (excluding diaryl/α,β-unsaturated/α-hetero) is 1. The molecule has 0 aliphatic rings. The number of carbonyl (C=O) groups is 2. The lowest BCUT2D eigenvalue weighted by Gasteiger charge is -2.14. The first kappa shape index (κ1) is 15.7. The Bertz CT molecular complexity index is 683. The number of ketones is 1. The Morgan fingerprint density at radius 1 is 1.09 bits per heavy atom. The average molecular weight is 301 g/mol. The summed E-state index contributed by atoms with van der Waals surface area (Å²) in [6.07, 6.45) is -0.816. The fourth-order valence-corrected chi connectivity index (χ4v) is 1.94. The first-order valence-corrected chi connectivity index (χ1v) is 6.80. The van der Waals surface area contributed by atoms with Crippen LogP contribution in [0.15, 0.2) is 48.5 Å². The van der Waals surface area contributed by atoms with Gasteiger partial charge in [0.15, 0.2) is 17.7 Å². The molecule has 1 atom stereocenters. The molecule has 22 heavy (non-hydrogen) atoms. The van der Waals surface area contributed by atoms with Crippen molar-refractivity contribution < 1.29 is 18.7 Å². The van der Waals surface area contributed by atoms with Crippen LogP contribution in [0.2, 0.25) is 0 Å². The molecular formula is C17H16FNO3. The molecule has 2 aromatic rings. The summed E-state index contributed by atoms with van der Waals surface area (Å²) in [5, 5.41) is 2.62. The Morgan fingerprint density at radius 3 is 2.32 bits per heavy atom. The third kappa shape index (κ3) is 3.91. The zero-order valence-electron chi connectivity index (χ0n) is 12.3. The Kier molecular flexibility index (Phi) is 4.88. The highest BCUT2D eigenvalue weighted by atomic mass is 19.1. The molecule has 1 amide bonds. The molecule has 2 rings (SSSR count). The van der Waals surface area contributed by atoms with Gasteiger partial charge in [0, 0.05) is 18.2 Å². The molecular weight excluding hydrogens is 285 g/mol. The number of hydrogen-bond acceptors (Lipinski definition) is 3. The van der Waals surface area contributed by atoms with Crippen molar-refractivity contribution in [2.24, 2.45) is 0 Å². The highest BCUT2D eigenvalue weighted by Crippen LogP contribution is 2.19. The topological polar surface area (TPSA) is 55.4 Å². The van der Waals surface area contributed by atoms with Gasteiger partial charge in [-0.2, -0.15) is 0 Å². The van der Waals surface area contributed by atoms with E-state index in [2.05, 4.69) is 5.32 Å². The summed E-state index contributed by atoms with van der Waals surface area (Å²) < 4.78 is 18.9.